The minimum absolute atomic E-state index is 0.765. The highest BCUT2D eigenvalue weighted by Crippen LogP contribution is 2.33. The lowest BCUT2D eigenvalue weighted by atomic mass is 10.3. The third-order valence-electron chi connectivity index (χ3n) is 1.86. The molecule has 68 valence electrons. The number of ether oxygens (including phenoxy) is 1. The van der Waals surface area contributed by atoms with Crippen molar-refractivity contribution in [3.8, 4) is 5.75 Å². The Bertz CT molecular complexity index is 450. The number of benzene rings is 1. The van der Waals surface area contributed by atoms with Crippen LogP contribution in [0.4, 0.5) is 5.69 Å². The van der Waals surface area contributed by atoms with E-state index in [2.05, 4.69) is 4.98 Å². The summed E-state index contributed by atoms with van der Waals surface area (Å²) in [5.74, 6) is 0.786. The van der Waals surface area contributed by atoms with Gasteiger partial charge >= 0.3 is 0 Å². The zero-order valence-corrected chi connectivity index (χ0v) is 8.31. The van der Waals surface area contributed by atoms with E-state index in [9.17, 15) is 0 Å². The van der Waals surface area contributed by atoms with E-state index in [1.807, 2.05) is 19.1 Å². The van der Waals surface area contributed by atoms with E-state index in [0.29, 0.717) is 0 Å². The molecule has 0 unspecified atom stereocenters. The van der Waals surface area contributed by atoms with Crippen LogP contribution in [0.2, 0.25) is 0 Å². The molecule has 0 bridgehead atoms. The average molecular weight is 194 g/mol. The topological polar surface area (TPSA) is 48.1 Å². The molecule has 0 radical (unpaired) electrons. The molecule has 1 aromatic carbocycles. The van der Waals surface area contributed by atoms with E-state index in [-0.39, 0.29) is 0 Å². The minimum Gasteiger partial charge on any atom is -0.494 e. The van der Waals surface area contributed by atoms with Gasteiger partial charge in [-0.25, -0.2) is 4.98 Å². The Labute approximate surface area is 80.2 Å². The third-order valence-corrected chi connectivity index (χ3v) is 2.88. The van der Waals surface area contributed by atoms with Gasteiger partial charge in [0, 0.05) is 0 Å². The minimum atomic E-state index is 0.765. The molecular weight excluding hydrogens is 184 g/mol. The van der Waals surface area contributed by atoms with Crippen LogP contribution in [0.5, 0.6) is 5.75 Å². The van der Waals surface area contributed by atoms with Gasteiger partial charge in [0.1, 0.15) is 11.3 Å². The van der Waals surface area contributed by atoms with Crippen molar-refractivity contribution in [3.05, 3.63) is 17.1 Å². The smallest absolute Gasteiger partial charge is 0.146 e. The van der Waals surface area contributed by atoms with Gasteiger partial charge in [0.05, 0.1) is 22.5 Å². The standard InChI is InChI=1S/C9H10N2OS/c1-5-11-8-7(12-2)4-3-6(10)9(8)13-5/h3-4H,10H2,1-2H3. The molecule has 1 heterocycles. The number of thiazole rings is 1. The molecule has 0 saturated carbocycles. The largest absolute Gasteiger partial charge is 0.494 e. The molecule has 2 N–H and O–H groups in total. The molecule has 0 aliphatic carbocycles. The van der Waals surface area contributed by atoms with Crippen LogP contribution in [0.15, 0.2) is 12.1 Å². The summed E-state index contributed by atoms with van der Waals surface area (Å²) in [6.07, 6.45) is 0. The Morgan fingerprint density at radius 1 is 1.46 bits per heavy atom. The predicted molar refractivity (Wildman–Crippen MR) is 55.3 cm³/mol. The summed E-state index contributed by atoms with van der Waals surface area (Å²) in [6.45, 7) is 1.96. The van der Waals surface area contributed by atoms with Crippen molar-refractivity contribution in [2.75, 3.05) is 12.8 Å². The molecule has 0 spiro atoms. The number of methoxy groups -OCH3 is 1. The van der Waals surface area contributed by atoms with Crippen molar-refractivity contribution < 1.29 is 4.74 Å². The first-order valence-electron chi connectivity index (χ1n) is 3.92. The number of aryl methyl sites for hydroxylation is 1. The van der Waals surface area contributed by atoms with Crippen LogP contribution in [-0.4, -0.2) is 12.1 Å². The number of anilines is 1. The zero-order valence-electron chi connectivity index (χ0n) is 7.50. The molecule has 0 amide bonds. The first-order valence-corrected chi connectivity index (χ1v) is 4.73. The first kappa shape index (κ1) is 8.31. The number of nitrogens with zero attached hydrogens (tertiary/aromatic N) is 1. The van der Waals surface area contributed by atoms with Crippen LogP contribution >= 0.6 is 11.3 Å². The summed E-state index contributed by atoms with van der Waals surface area (Å²) in [5.41, 5.74) is 7.44. The zero-order chi connectivity index (χ0) is 9.42. The number of nitrogens with two attached hydrogens (primary N) is 1. The van der Waals surface area contributed by atoms with Gasteiger partial charge in [-0.3, -0.25) is 0 Å². The van der Waals surface area contributed by atoms with Crippen LogP contribution < -0.4 is 10.5 Å². The maximum absolute atomic E-state index is 5.81. The molecule has 2 aromatic rings. The second kappa shape index (κ2) is 2.88. The van der Waals surface area contributed by atoms with Gasteiger partial charge in [-0.1, -0.05) is 0 Å². The summed E-state index contributed by atoms with van der Waals surface area (Å²) in [6, 6.07) is 3.69. The molecule has 3 nitrogen and oxygen atoms in total. The van der Waals surface area contributed by atoms with Crippen molar-refractivity contribution >= 4 is 27.2 Å². The Balaban J connectivity index is 2.83. The fourth-order valence-corrected chi connectivity index (χ4v) is 2.14. The molecule has 13 heavy (non-hydrogen) atoms. The van der Waals surface area contributed by atoms with E-state index < -0.39 is 0 Å². The molecule has 2 rings (SSSR count). The van der Waals surface area contributed by atoms with E-state index in [1.165, 1.54) is 0 Å². The maximum atomic E-state index is 5.81. The van der Waals surface area contributed by atoms with Crippen LogP contribution in [0.25, 0.3) is 10.2 Å². The van der Waals surface area contributed by atoms with E-state index in [1.54, 1.807) is 18.4 Å². The fourth-order valence-electron chi connectivity index (χ4n) is 1.27. The number of aromatic nitrogens is 1. The van der Waals surface area contributed by atoms with Gasteiger partial charge in [-0.05, 0) is 19.1 Å². The molecule has 0 aliphatic rings. The fraction of sp³-hybridized carbons (Fsp3) is 0.222. The van der Waals surface area contributed by atoms with Crippen LogP contribution in [0, 0.1) is 6.92 Å². The lowest BCUT2D eigenvalue weighted by molar-refractivity contribution is 0.419. The van der Waals surface area contributed by atoms with Crippen molar-refractivity contribution in [2.45, 2.75) is 6.92 Å². The first-order chi connectivity index (χ1) is 6.22. The molecular formula is C9H10N2OS. The highest BCUT2D eigenvalue weighted by molar-refractivity contribution is 7.19. The number of nitrogen functional groups attached to an aromatic ring is 1. The van der Waals surface area contributed by atoms with Crippen molar-refractivity contribution in [2.24, 2.45) is 0 Å². The second-order valence-electron chi connectivity index (χ2n) is 2.77. The Kier molecular flexibility index (Phi) is 1.84. The SMILES string of the molecule is COc1ccc(N)c2sc(C)nc12. The number of hydrogen-bond donors (Lipinski definition) is 1. The van der Waals surface area contributed by atoms with Crippen molar-refractivity contribution in [1.82, 2.24) is 4.98 Å². The van der Waals surface area contributed by atoms with E-state index in [4.69, 9.17) is 10.5 Å². The van der Waals surface area contributed by atoms with Gasteiger partial charge in [-0.15, -0.1) is 11.3 Å². The highest BCUT2D eigenvalue weighted by atomic mass is 32.1. The Hall–Kier alpha value is -1.29. The lowest BCUT2D eigenvalue weighted by Gasteiger charge is -2.01. The van der Waals surface area contributed by atoms with Crippen molar-refractivity contribution in [3.63, 3.8) is 0 Å². The quantitative estimate of drug-likeness (QED) is 0.708. The maximum Gasteiger partial charge on any atom is 0.146 e. The average Bonchev–Trinajstić information content (AvgIpc) is 2.48. The van der Waals surface area contributed by atoms with Crippen LogP contribution in [-0.2, 0) is 0 Å². The molecule has 1 aromatic heterocycles. The van der Waals surface area contributed by atoms with Gasteiger partial charge in [0.15, 0.2) is 0 Å². The highest BCUT2D eigenvalue weighted by Gasteiger charge is 2.08. The summed E-state index contributed by atoms with van der Waals surface area (Å²) in [4.78, 5) is 4.36. The monoisotopic (exact) mass is 194 g/mol. The normalized spacial score (nSPS) is 10.6. The number of rotatable bonds is 1. The summed E-state index contributed by atoms with van der Waals surface area (Å²) in [5, 5.41) is 1.01. The third kappa shape index (κ3) is 1.23. The molecule has 0 saturated heterocycles. The summed E-state index contributed by atoms with van der Waals surface area (Å²) >= 11 is 1.59. The molecule has 4 heteroatoms. The van der Waals surface area contributed by atoms with E-state index in [0.717, 1.165) is 26.7 Å². The Morgan fingerprint density at radius 2 is 2.23 bits per heavy atom. The van der Waals surface area contributed by atoms with Crippen LogP contribution in [0.3, 0.4) is 0 Å². The van der Waals surface area contributed by atoms with Crippen molar-refractivity contribution in [1.29, 1.82) is 0 Å². The van der Waals surface area contributed by atoms with Gasteiger partial charge in [-0.2, -0.15) is 0 Å². The summed E-state index contributed by atoms with van der Waals surface area (Å²) < 4.78 is 6.20. The summed E-state index contributed by atoms with van der Waals surface area (Å²) in [7, 11) is 1.64. The molecule has 0 fully saturated rings. The Morgan fingerprint density at radius 3 is 2.92 bits per heavy atom. The van der Waals surface area contributed by atoms with Crippen LogP contribution in [0.1, 0.15) is 5.01 Å². The van der Waals surface area contributed by atoms with Gasteiger partial charge in [0.2, 0.25) is 0 Å². The molecule has 0 aliphatic heterocycles. The van der Waals surface area contributed by atoms with Gasteiger partial charge in [0.25, 0.3) is 0 Å². The number of fused-ring (bicyclic) bond motifs is 1. The van der Waals surface area contributed by atoms with Gasteiger partial charge < -0.3 is 10.5 Å². The lowest BCUT2D eigenvalue weighted by Crippen LogP contribution is -1.88. The second-order valence-corrected chi connectivity index (χ2v) is 3.97. The molecule has 0 atom stereocenters. The predicted octanol–water partition coefficient (Wildman–Crippen LogP) is 2.20. The number of hydrogen-bond acceptors (Lipinski definition) is 4. The van der Waals surface area contributed by atoms with E-state index >= 15 is 0 Å².